The molecule has 94 valence electrons. The molecular weight excluding hydrogens is 202 g/mol. The van der Waals surface area contributed by atoms with Crippen molar-refractivity contribution >= 4 is 6.09 Å². The van der Waals surface area contributed by atoms with Crippen molar-refractivity contribution in [1.82, 2.24) is 4.90 Å². The highest BCUT2D eigenvalue weighted by atomic mass is 16.6. The minimum Gasteiger partial charge on any atom is -0.444 e. The molecule has 0 aliphatic heterocycles. The Labute approximate surface area is 99.1 Å². The minimum absolute atomic E-state index is 0.109. The lowest BCUT2D eigenvalue weighted by Crippen LogP contribution is -2.45. The molecule has 0 aromatic carbocycles. The second kappa shape index (κ2) is 4.64. The van der Waals surface area contributed by atoms with Crippen LogP contribution in [-0.2, 0) is 4.74 Å². The number of ether oxygens (including phenoxy) is 1. The van der Waals surface area contributed by atoms with Crippen molar-refractivity contribution in [2.45, 2.75) is 71.4 Å². The summed E-state index contributed by atoms with van der Waals surface area (Å²) >= 11 is 0. The molecule has 3 nitrogen and oxygen atoms in total. The summed E-state index contributed by atoms with van der Waals surface area (Å²) in [4.78, 5) is 14.0. The van der Waals surface area contributed by atoms with Gasteiger partial charge in [-0.15, -0.1) is 0 Å². The molecule has 1 aliphatic rings. The first-order valence-corrected chi connectivity index (χ1v) is 6.35. The summed E-state index contributed by atoms with van der Waals surface area (Å²) in [5.74, 6) is 0. The first-order valence-electron chi connectivity index (χ1n) is 6.35. The monoisotopic (exact) mass is 227 g/mol. The van der Waals surface area contributed by atoms with Crippen LogP contribution in [0.5, 0.6) is 0 Å². The zero-order valence-corrected chi connectivity index (χ0v) is 11.3. The molecule has 1 fully saturated rings. The van der Waals surface area contributed by atoms with E-state index < -0.39 is 5.60 Å². The van der Waals surface area contributed by atoms with Gasteiger partial charge in [0.05, 0.1) is 0 Å². The molecule has 1 amide bonds. The molecule has 1 saturated carbocycles. The Bertz CT molecular complexity index is 251. The molecule has 0 aromatic rings. The van der Waals surface area contributed by atoms with E-state index in [4.69, 9.17) is 4.74 Å². The molecule has 1 rings (SSSR count). The van der Waals surface area contributed by atoms with Crippen molar-refractivity contribution in [2.75, 3.05) is 6.54 Å². The summed E-state index contributed by atoms with van der Waals surface area (Å²) in [6.45, 7) is 10.8. The summed E-state index contributed by atoms with van der Waals surface area (Å²) < 4.78 is 5.47. The lowest BCUT2D eigenvalue weighted by molar-refractivity contribution is 0.0123. The molecule has 0 saturated heterocycles. The summed E-state index contributed by atoms with van der Waals surface area (Å²) in [5.41, 5.74) is -0.286. The maximum atomic E-state index is 12.1. The lowest BCUT2D eigenvalue weighted by Gasteiger charge is -2.33. The lowest BCUT2D eigenvalue weighted by atomic mass is 10.1. The maximum Gasteiger partial charge on any atom is 0.410 e. The van der Waals surface area contributed by atoms with E-state index in [2.05, 4.69) is 13.8 Å². The van der Waals surface area contributed by atoms with Crippen LogP contribution in [0.3, 0.4) is 0 Å². The van der Waals surface area contributed by atoms with Gasteiger partial charge in [0, 0.05) is 12.1 Å². The van der Waals surface area contributed by atoms with Crippen LogP contribution in [0.1, 0.15) is 60.3 Å². The summed E-state index contributed by atoms with van der Waals surface area (Å²) in [5, 5.41) is 0. The number of rotatable bonds is 4. The van der Waals surface area contributed by atoms with Crippen LogP contribution in [0.25, 0.3) is 0 Å². The van der Waals surface area contributed by atoms with E-state index in [9.17, 15) is 4.79 Å². The Kier molecular flexibility index (Phi) is 3.87. The van der Waals surface area contributed by atoms with Crippen LogP contribution in [0.15, 0.2) is 0 Å². The minimum atomic E-state index is -0.396. The summed E-state index contributed by atoms with van der Waals surface area (Å²) in [7, 11) is 0. The predicted octanol–water partition coefficient (Wildman–Crippen LogP) is 3.58. The highest BCUT2D eigenvalue weighted by molar-refractivity contribution is 5.69. The molecule has 0 bridgehead atoms. The molecule has 0 N–H and O–H groups in total. The van der Waals surface area contributed by atoms with Gasteiger partial charge < -0.3 is 9.64 Å². The van der Waals surface area contributed by atoms with E-state index in [1.54, 1.807) is 0 Å². The third kappa shape index (κ3) is 3.13. The topological polar surface area (TPSA) is 29.5 Å². The number of carbonyl (C=O) groups excluding carboxylic acids is 1. The van der Waals surface area contributed by atoms with Gasteiger partial charge in [0.25, 0.3) is 0 Å². The zero-order valence-electron chi connectivity index (χ0n) is 11.3. The van der Waals surface area contributed by atoms with E-state index >= 15 is 0 Å². The third-order valence-corrected chi connectivity index (χ3v) is 3.12. The first-order chi connectivity index (χ1) is 7.34. The Morgan fingerprint density at radius 2 is 1.88 bits per heavy atom. The van der Waals surface area contributed by atoms with Crippen molar-refractivity contribution in [2.24, 2.45) is 0 Å². The first kappa shape index (κ1) is 13.3. The van der Waals surface area contributed by atoms with Gasteiger partial charge in [0.2, 0.25) is 0 Å². The van der Waals surface area contributed by atoms with Gasteiger partial charge in [-0.3, -0.25) is 0 Å². The molecule has 0 unspecified atom stereocenters. The predicted molar refractivity (Wildman–Crippen MR) is 65.5 cm³/mol. The molecule has 0 spiro atoms. The molecule has 1 aliphatic carbocycles. The van der Waals surface area contributed by atoms with Gasteiger partial charge >= 0.3 is 6.09 Å². The van der Waals surface area contributed by atoms with Gasteiger partial charge in [-0.25, -0.2) is 4.79 Å². The van der Waals surface area contributed by atoms with Gasteiger partial charge in [0.1, 0.15) is 5.60 Å². The van der Waals surface area contributed by atoms with E-state index in [-0.39, 0.29) is 11.6 Å². The summed E-state index contributed by atoms with van der Waals surface area (Å²) in [6, 6.07) is 0. The second-order valence-electron chi connectivity index (χ2n) is 5.71. The van der Waals surface area contributed by atoms with E-state index in [0.717, 1.165) is 32.2 Å². The largest absolute Gasteiger partial charge is 0.444 e. The maximum absolute atomic E-state index is 12.1. The number of nitrogens with zero attached hydrogens (tertiary/aromatic N) is 1. The Balaban J connectivity index is 2.67. The number of amides is 1. The van der Waals surface area contributed by atoms with E-state index in [1.807, 2.05) is 25.7 Å². The Morgan fingerprint density at radius 1 is 1.31 bits per heavy atom. The van der Waals surface area contributed by atoms with Crippen molar-refractivity contribution in [1.29, 1.82) is 0 Å². The second-order valence-corrected chi connectivity index (χ2v) is 5.71. The molecule has 3 heteroatoms. The third-order valence-electron chi connectivity index (χ3n) is 3.12. The van der Waals surface area contributed by atoms with Crippen LogP contribution in [0.4, 0.5) is 4.79 Å². The van der Waals surface area contributed by atoms with E-state index in [1.165, 1.54) is 0 Å². The molecular formula is C13H25NO2. The van der Waals surface area contributed by atoms with Crippen molar-refractivity contribution in [3.63, 3.8) is 0 Å². The zero-order chi connectivity index (χ0) is 12.4. The fourth-order valence-electron chi connectivity index (χ4n) is 2.02. The van der Waals surface area contributed by atoms with Crippen LogP contribution >= 0.6 is 0 Å². The highest BCUT2D eigenvalue weighted by Gasteiger charge is 2.49. The fourth-order valence-corrected chi connectivity index (χ4v) is 2.02. The highest BCUT2D eigenvalue weighted by Crippen LogP contribution is 2.45. The number of carbonyl (C=O) groups is 1. The van der Waals surface area contributed by atoms with Gasteiger partial charge in [0.15, 0.2) is 0 Å². The average Bonchev–Trinajstić information content (AvgIpc) is 2.92. The molecule has 16 heavy (non-hydrogen) atoms. The molecule has 0 aromatic heterocycles. The number of hydrogen-bond donors (Lipinski definition) is 0. The van der Waals surface area contributed by atoms with Crippen molar-refractivity contribution in [3.05, 3.63) is 0 Å². The number of hydrogen-bond acceptors (Lipinski definition) is 2. The average molecular weight is 227 g/mol. The standard InChI is InChI=1S/C13H25NO2/c1-6-10-14(13(7-2)8-9-13)11(15)16-12(3,4)5/h6-10H2,1-5H3. The van der Waals surface area contributed by atoms with Crippen LogP contribution < -0.4 is 0 Å². The van der Waals surface area contributed by atoms with E-state index in [0.29, 0.717) is 0 Å². The quantitative estimate of drug-likeness (QED) is 0.734. The normalized spacial score (nSPS) is 18.1. The van der Waals surface area contributed by atoms with Crippen LogP contribution in [0.2, 0.25) is 0 Å². The summed E-state index contributed by atoms with van der Waals surface area (Å²) in [6.07, 6.45) is 4.13. The molecule has 0 radical (unpaired) electrons. The fraction of sp³-hybridized carbons (Fsp3) is 0.923. The smallest absolute Gasteiger partial charge is 0.410 e. The van der Waals surface area contributed by atoms with Crippen molar-refractivity contribution in [3.8, 4) is 0 Å². The van der Waals surface area contributed by atoms with Gasteiger partial charge in [-0.2, -0.15) is 0 Å². The van der Waals surface area contributed by atoms with Crippen molar-refractivity contribution < 1.29 is 9.53 Å². The Morgan fingerprint density at radius 3 is 2.19 bits per heavy atom. The SMILES string of the molecule is CCCN(C(=O)OC(C)(C)C)C1(CC)CC1. The molecule has 0 heterocycles. The van der Waals surface area contributed by atoms with Crippen LogP contribution in [-0.4, -0.2) is 28.7 Å². The van der Waals surface area contributed by atoms with Crippen LogP contribution in [0, 0.1) is 0 Å². The van der Waals surface area contributed by atoms with Gasteiger partial charge in [-0.1, -0.05) is 13.8 Å². The molecule has 0 atom stereocenters. The Hall–Kier alpha value is -0.730. The van der Waals surface area contributed by atoms with Gasteiger partial charge in [-0.05, 0) is 46.5 Å².